The van der Waals surface area contributed by atoms with E-state index in [1.54, 1.807) is 12.1 Å². The predicted molar refractivity (Wildman–Crippen MR) is 99.5 cm³/mol. The average Bonchev–Trinajstić information content (AvgIpc) is 2.63. The van der Waals surface area contributed by atoms with Crippen LogP contribution in [0.3, 0.4) is 0 Å². The third-order valence-corrected chi connectivity index (χ3v) is 4.25. The summed E-state index contributed by atoms with van der Waals surface area (Å²) in [4.78, 5) is 26.9. The number of hydrogen-bond acceptors (Lipinski definition) is 4. The van der Waals surface area contributed by atoms with E-state index in [4.69, 9.17) is 16.3 Å². The highest BCUT2D eigenvalue weighted by atomic mass is 35.5. The molecule has 26 heavy (non-hydrogen) atoms. The van der Waals surface area contributed by atoms with Crippen LogP contribution in [-0.4, -0.2) is 24.6 Å². The van der Waals surface area contributed by atoms with Gasteiger partial charge in [-0.3, -0.25) is 4.79 Å². The molecule has 0 fully saturated rings. The number of nitrogens with one attached hydrogen (secondary N) is 2. The van der Waals surface area contributed by atoms with Crippen LogP contribution in [0, 0.1) is 5.82 Å². The molecule has 7 heteroatoms. The summed E-state index contributed by atoms with van der Waals surface area (Å²) in [6, 6.07) is 11.3. The maximum absolute atomic E-state index is 13.7. The number of fused-ring (bicyclic) bond motifs is 1. The van der Waals surface area contributed by atoms with Crippen molar-refractivity contribution in [2.24, 2.45) is 0 Å². The number of carbonyl (C=O) groups is 1. The molecule has 1 aromatic heterocycles. The van der Waals surface area contributed by atoms with Crippen molar-refractivity contribution in [2.75, 3.05) is 19.0 Å². The topological polar surface area (TPSA) is 71.2 Å². The molecular weight excluding hydrogens is 359 g/mol. The average molecular weight is 375 g/mol. The molecule has 5 nitrogen and oxygen atoms in total. The van der Waals surface area contributed by atoms with E-state index in [1.165, 1.54) is 25.3 Å². The molecule has 0 atom stereocenters. The number of benzene rings is 2. The first-order valence-electron chi connectivity index (χ1n) is 7.92. The van der Waals surface area contributed by atoms with Gasteiger partial charge >= 0.3 is 5.97 Å². The van der Waals surface area contributed by atoms with E-state index in [0.717, 1.165) is 5.56 Å². The Labute approximate surface area is 153 Å². The van der Waals surface area contributed by atoms with Gasteiger partial charge in [-0.1, -0.05) is 23.7 Å². The normalized spacial score (nSPS) is 10.7. The molecule has 0 aliphatic rings. The minimum atomic E-state index is -0.786. The fraction of sp³-hybridized carbons (Fsp3) is 0.158. The summed E-state index contributed by atoms with van der Waals surface area (Å²) in [6.45, 7) is 0.431. The van der Waals surface area contributed by atoms with Gasteiger partial charge in [0.25, 0.3) is 5.56 Å². The van der Waals surface area contributed by atoms with Crippen LogP contribution in [-0.2, 0) is 11.2 Å². The van der Waals surface area contributed by atoms with Crippen molar-refractivity contribution in [1.82, 2.24) is 4.98 Å². The summed E-state index contributed by atoms with van der Waals surface area (Å²) >= 11 is 5.87. The van der Waals surface area contributed by atoms with Gasteiger partial charge in [0.1, 0.15) is 11.4 Å². The number of hydrogen-bond donors (Lipinski definition) is 2. The first-order chi connectivity index (χ1) is 12.5. The number of ether oxygens (including phenoxy) is 1. The van der Waals surface area contributed by atoms with Crippen molar-refractivity contribution in [3.8, 4) is 0 Å². The van der Waals surface area contributed by atoms with Gasteiger partial charge in [0.15, 0.2) is 0 Å². The number of anilines is 1. The van der Waals surface area contributed by atoms with E-state index in [9.17, 15) is 14.0 Å². The zero-order valence-corrected chi connectivity index (χ0v) is 14.7. The monoisotopic (exact) mass is 374 g/mol. The number of pyridine rings is 1. The Hall–Kier alpha value is -2.86. The van der Waals surface area contributed by atoms with Crippen molar-refractivity contribution in [1.29, 1.82) is 0 Å². The number of H-pyrrole nitrogens is 1. The molecule has 1 heterocycles. The molecule has 0 amide bonds. The second kappa shape index (κ2) is 7.58. The number of carbonyl (C=O) groups excluding carboxylic acids is 1. The maximum Gasteiger partial charge on any atom is 0.345 e. The predicted octanol–water partition coefficient (Wildman–Crippen LogP) is 3.76. The molecule has 0 aliphatic carbocycles. The van der Waals surface area contributed by atoms with Crippen molar-refractivity contribution >= 4 is 34.2 Å². The Kier molecular flexibility index (Phi) is 5.23. The van der Waals surface area contributed by atoms with Crippen LogP contribution in [0.1, 0.15) is 15.9 Å². The molecule has 0 saturated carbocycles. The quantitative estimate of drug-likeness (QED) is 0.667. The van der Waals surface area contributed by atoms with Crippen LogP contribution in [0.2, 0.25) is 5.02 Å². The number of aromatic nitrogens is 1. The zero-order valence-electron chi connectivity index (χ0n) is 13.9. The molecule has 0 unspecified atom stereocenters. The highest BCUT2D eigenvalue weighted by Gasteiger charge is 2.20. The van der Waals surface area contributed by atoms with Crippen molar-refractivity contribution < 1.29 is 13.9 Å². The van der Waals surface area contributed by atoms with E-state index >= 15 is 0 Å². The zero-order chi connectivity index (χ0) is 18.7. The Balaban J connectivity index is 1.98. The molecular formula is C19H16ClFN2O3. The van der Waals surface area contributed by atoms with Crippen molar-refractivity contribution in [3.63, 3.8) is 0 Å². The van der Waals surface area contributed by atoms with Crippen molar-refractivity contribution in [3.05, 3.63) is 74.8 Å². The summed E-state index contributed by atoms with van der Waals surface area (Å²) in [5.74, 6) is -1.26. The Morgan fingerprint density at radius 1 is 1.23 bits per heavy atom. The van der Waals surface area contributed by atoms with Crippen LogP contribution in [0.4, 0.5) is 10.1 Å². The second-order valence-corrected chi connectivity index (χ2v) is 6.13. The first kappa shape index (κ1) is 17.9. The lowest BCUT2D eigenvalue weighted by Crippen LogP contribution is -2.23. The molecule has 3 rings (SSSR count). The summed E-state index contributed by atoms with van der Waals surface area (Å²) in [7, 11) is 1.19. The fourth-order valence-electron chi connectivity index (χ4n) is 2.73. The van der Waals surface area contributed by atoms with Gasteiger partial charge in [-0.15, -0.1) is 0 Å². The standard InChI is InChI=1S/C19H16ClFN2O3/c1-26-19(25)16-17(22-9-8-11-2-4-12(20)5-3-11)14-10-13(21)6-7-15(14)23-18(16)24/h2-7,10H,8-9H2,1H3,(H2,22,23,24). The Bertz CT molecular complexity index is 1020. The molecule has 3 aromatic rings. The SMILES string of the molecule is COC(=O)c1c(NCCc2ccc(Cl)cc2)c2cc(F)ccc2[nH]c1=O. The van der Waals surface area contributed by atoms with Gasteiger partial charge in [-0.05, 0) is 42.3 Å². The largest absolute Gasteiger partial charge is 0.465 e. The smallest absolute Gasteiger partial charge is 0.345 e. The van der Waals surface area contributed by atoms with Gasteiger partial charge in [0.2, 0.25) is 0 Å². The van der Waals surface area contributed by atoms with Gasteiger partial charge < -0.3 is 15.0 Å². The molecule has 2 N–H and O–H groups in total. The minimum absolute atomic E-state index is 0.179. The lowest BCUT2D eigenvalue weighted by Gasteiger charge is -2.13. The first-order valence-corrected chi connectivity index (χ1v) is 8.29. The number of halogens is 2. The lowest BCUT2D eigenvalue weighted by molar-refractivity contribution is 0.0600. The number of methoxy groups -OCH3 is 1. The highest BCUT2D eigenvalue weighted by molar-refractivity contribution is 6.30. The summed E-state index contributed by atoms with van der Waals surface area (Å²) in [5, 5.41) is 4.13. The van der Waals surface area contributed by atoms with E-state index in [-0.39, 0.29) is 11.3 Å². The second-order valence-electron chi connectivity index (χ2n) is 5.69. The highest BCUT2D eigenvalue weighted by Crippen LogP contribution is 2.25. The molecule has 2 aromatic carbocycles. The number of esters is 1. The van der Waals surface area contributed by atoms with Crippen LogP contribution in [0.25, 0.3) is 10.9 Å². The van der Waals surface area contributed by atoms with E-state index in [1.807, 2.05) is 12.1 Å². The van der Waals surface area contributed by atoms with Crippen LogP contribution >= 0.6 is 11.6 Å². The van der Waals surface area contributed by atoms with Gasteiger partial charge in [-0.25, -0.2) is 9.18 Å². The summed E-state index contributed by atoms with van der Waals surface area (Å²) in [5.41, 5.74) is 0.940. The van der Waals surface area contributed by atoms with Gasteiger partial charge in [0.05, 0.1) is 18.3 Å². The number of rotatable bonds is 5. The van der Waals surface area contributed by atoms with E-state index < -0.39 is 17.3 Å². The maximum atomic E-state index is 13.7. The molecule has 0 spiro atoms. The Morgan fingerprint density at radius 2 is 1.96 bits per heavy atom. The summed E-state index contributed by atoms with van der Waals surface area (Å²) < 4.78 is 18.4. The van der Waals surface area contributed by atoms with Crippen LogP contribution in [0.15, 0.2) is 47.3 Å². The van der Waals surface area contributed by atoms with E-state index in [0.29, 0.717) is 28.9 Å². The Morgan fingerprint density at radius 3 is 2.65 bits per heavy atom. The fourth-order valence-corrected chi connectivity index (χ4v) is 2.85. The molecule has 0 aliphatic heterocycles. The van der Waals surface area contributed by atoms with Gasteiger partial charge in [-0.2, -0.15) is 0 Å². The lowest BCUT2D eigenvalue weighted by atomic mass is 10.1. The van der Waals surface area contributed by atoms with Crippen LogP contribution < -0.4 is 10.9 Å². The molecule has 134 valence electrons. The van der Waals surface area contributed by atoms with Crippen LogP contribution in [0.5, 0.6) is 0 Å². The third kappa shape index (κ3) is 3.70. The van der Waals surface area contributed by atoms with Gasteiger partial charge in [0, 0.05) is 17.0 Å². The molecule has 0 bridgehead atoms. The third-order valence-electron chi connectivity index (χ3n) is 3.99. The molecule has 0 radical (unpaired) electrons. The summed E-state index contributed by atoms with van der Waals surface area (Å²) in [6.07, 6.45) is 0.626. The molecule has 0 saturated heterocycles. The minimum Gasteiger partial charge on any atom is -0.465 e. The van der Waals surface area contributed by atoms with Crippen molar-refractivity contribution in [2.45, 2.75) is 6.42 Å². The van der Waals surface area contributed by atoms with E-state index in [2.05, 4.69) is 10.3 Å². The number of aromatic amines is 1.